The molecule has 1 unspecified atom stereocenters. The molecule has 8 heteroatoms. The van der Waals surface area contributed by atoms with Gasteiger partial charge in [-0.25, -0.2) is 0 Å². The zero-order valence-electron chi connectivity index (χ0n) is 13.0. The monoisotopic (exact) mass is 308 g/mol. The van der Waals surface area contributed by atoms with E-state index in [4.69, 9.17) is 28.4 Å². The Kier molecular flexibility index (Phi) is 7.50. The highest BCUT2D eigenvalue weighted by molar-refractivity contribution is 5.66. The molecule has 0 aromatic heterocycles. The number of aliphatic hydroxyl groups excluding tert-OH is 1. The van der Waals surface area contributed by atoms with Crippen molar-refractivity contribution in [3.63, 3.8) is 0 Å². The third-order valence-electron chi connectivity index (χ3n) is 3.40. The van der Waals surface area contributed by atoms with Crippen molar-refractivity contribution in [1.82, 2.24) is 0 Å². The molecule has 0 spiro atoms. The highest BCUT2D eigenvalue weighted by Gasteiger charge is 2.50. The summed E-state index contributed by atoms with van der Waals surface area (Å²) in [4.78, 5) is 11.4. The second kappa shape index (κ2) is 8.62. The predicted octanol–water partition coefficient (Wildman–Crippen LogP) is -0.673. The van der Waals surface area contributed by atoms with E-state index in [1.54, 1.807) is 0 Å². The first-order valence-corrected chi connectivity index (χ1v) is 6.58. The lowest BCUT2D eigenvalue weighted by Gasteiger charge is -2.44. The van der Waals surface area contributed by atoms with Crippen LogP contribution in [0.1, 0.15) is 6.92 Å². The van der Waals surface area contributed by atoms with Crippen molar-refractivity contribution in [1.29, 1.82) is 0 Å². The Bertz CT molecular complexity index is 323. The van der Waals surface area contributed by atoms with Crippen molar-refractivity contribution in [2.45, 2.75) is 43.7 Å². The number of aliphatic hydroxyl groups is 1. The summed E-state index contributed by atoms with van der Waals surface area (Å²) < 4.78 is 31.7. The van der Waals surface area contributed by atoms with Crippen LogP contribution in [0.15, 0.2) is 0 Å². The molecular formula is C13H24O8. The van der Waals surface area contributed by atoms with Gasteiger partial charge in [0, 0.05) is 35.4 Å². The van der Waals surface area contributed by atoms with Crippen molar-refractivity contribution in [2.75, 3.05) is 35.0 Å². The molecule has 0 amide bonds. The van der Waals surface area contributed by atoms with Gasteiger partial charge in [0.15, 0.2) is 12.4 Å². The van der Waals surface area contributed by atoms with Crippen LogP contribution in [0.5, 0.6) is 0 Å². The van der Waals surface area contributed by atoms with Gasteiger partial charge in [-0.3, -0.25) is 4.79 Å². The van der Waals surface area contributed by atoms with E-state index in [9.17, 15) is 9.90 Å². The number of esters is 1. The molecule has 1 rings (SSSR count). The summed E-state index contributed by atoms with van der Waals surface area (Å²) in [5.74, 6) is -0.492. The topological polar surface area (TPSA) is 92.7 Å². The third-order valence-corrected chi connectivity index (χ3v) is 3.40. The molecule has 0 saturated carbocycles. The van der Waals surface area contributed by atoms with Crippen LogP contribution in [0.2, 0.25) is 0 Å². The lowest BCUT2D eigenvalue weighted by Crippen LogP contribution is -2.63. The zero-order valence-corrected chi connectivity index (χ0v) is 13.0. The summed E-state index contributed by atoms with van der Waals surface area (Å²) in [5, 5.41) is 10.0. The van der Waals surface area contributed by atoms with E-state index in [0.717, 1.165) is 0 Å². The van der Waals surface area contributed by atoms with E-state index in [2.05, 4.69) is 0 Å². The first-order chi connectivity index (χ1) is 9.99. The van der Waals surface area contributed by atoms with Gasteiger partial charge in [-0.05, 0) is 0 Å². The van der Waals surface area contributed by atoms with Crippen LogP contribution in [0, 0.1) is 0 Å². The molecule has 0 aromatic rings. The number of carbonyl (C=O) groups excluding carboxylic acids is 1. The molecule has 6 atom stereocenters. The van der Waals surface area contributed by atoms with Crippen LogP contribution in [0.4, 0.5) is 0 Å². The summed E-state index contributed by atoms with van der Waals surface area (Å²) in [6.07, 6.45) is -4.78. The van der Waals surface area contributed by atoms with Crippen molar-refractivity contribution in [2.24, 2.45) is 0 Å². The number of hydrogen-bond acceptors (Lipinski definition) is 8. The van der Waals surface area contributed by atoms with E-state index in [-0.39, 0.29) is 6.61 Å². The molecule has 1 aliphatic rings. The molecule has 8 nitrogen and oxygen atoms in total. The van der Waals surface area contributed by atoms with Gasteiger partial charge in [-0.2, -0.15) is 0 Å². The smallest absolute Gasteiger partial charge is 0.303 e. The fourth-order valence-electron chi connectivity index (χ4n) is 2.46. The van der Waals surface area contributed by atoms with Gasteiger partial charge in [0.2, 0.25) is 0 Å². The van der Waals surface area contributed by atoms with Crippen molar-refractivity contribution >= 4 is 5.97 Å². The van der Waals surface area contributed by atoms with Crippen LogP contribution >= 0.6 is 0 Å². The Balaban J connectivity index is 3.04. The Morgan fingerprint density at radius 1 is 1.14 bits per heavy atom. The molecular weight excluding hydrogens is 284 g/mol. The highest BCUT2D eigenvalue weighted by Crippen LogP contribution is 2.29. The van der Waals surface area contributed by atoms with E-state index in [0.29, 0.717) is 0 Å². The minimum atomic E-state index is -1.23. The Morgan fingerprint density at radius 2 is 1.76 bits per heavy atom. The molecule has 1 N–H and O–H groups in total. The summed E-state index contributed by atoms with van der Waals surface area (Å²) in [5.41, 5.74) is 0. The van der Waals surface area contributed by atoms with Gasteiger partial charge in [0.1, 0.15) is 24.4 Å². The molecule has 0 aromatic carbocycles. The van der Waals surface area contributed by atoms with Crippen LogP contribution in [0.3, 0.4) is 0 Å². The SMILES string of the molecule is COC[C@@H](OC)[C@H]1OC(O)[C@H](OC)[C@@H](OC)[C@@H]1OC(C)=O. The van der Waals surface area contributed by atoms with Gasteiger partial charge in [0.05, 0.1) is 6.61 Å². The molecule has 124 valence electrons. The fourth-order valence-corrected chi connectivity index (χ4v) is 2.46. The van der Waals surface area contributed by atoms with Crippen LogP contribution in [0.25, 0.3) is 0 Å². The maximum Gasteiger partial charge on any atom is 0.303 e. The summed E-state index contributed by atoms with van der Waals surface area (Å²) in [7, 11) is 5.85. The van der Waals surface area contributed by atoms with Crippen molar-refractivity contribution in [3.8, 4) is 0 Å². The van der Waals surface area contributed by atoms with Gasteiger partial charge in [-0.15, -0.1) is 0 Å². The third kappa shape index (κ3) is 4.35. The quantitative estimate of drug-likeness (QED) is 0.619. The maximum absolute atomic E-state index is 11.4. The van der Waals surface area contributed by atoms with Crippen LogP contribution in [-0.2, 0) is 33.2 Å². The van der Waals surface area contributed by atoms with Crippen LogP contribution < -0.4 is 0 Å². The Labute approximate surface area is 124 Å². The van der Waals surface area contributed by atoms with E-state index < -0.39 is 42.8 Å². The van der Waals surface area contributed by atoms with E-state index in [1.165, 1.54) is 35.4 Å². The first-order valence-electron chi connectivity index (χ1n) is 6.58. The van der Waals surface area contributed by atoms with Gasteiger partial charge in [-0.1, -0.05) is 0 Å². The number of methoxy groups -OCH3 is 4. The van der Waals surface area contributed by atoms with Crippen molar-refractivity contribution in [3.05, 3.63) is 0 Å². The normalized spacial score (nSPS) is 34.5. The Morgan fingerprint density at radius 3 is 2.19 bits per heavy atom. The van der Waals surface area contributed by atoms with Gasteiger partial charge in [0.25, 0.3) is 0 Å². The summed E-state index contributed by atoms with van der Waals surface area (Å²) in [6.45, 7) is 1.49. The molecule has 0 radical (unpaired) electrons. The average Bonchev–Trinajstić information content (AvgIpc) is 2.45. The minimum Gasteiger partial charge on any atom is -0.457 e. The standard InChI is InChI=1S/C13H24O8/c1-7(14)20-11-9(8(17-3)6-16-2)21-13(15)12(19-5)10(11)18-4/h8-13,15H,6H2,1-5H3/t8-,9-,10+,11-,12-,13?/m1/s1. The number of ether oxygens (including phenoxy) is 6. The lowest BCUT2D eigenvalue weighted by atomic mass is 9.94. The molecule has 1 heterocycles. The second-order valence-electron chi connectivity index (χ2n) is 4.70. The number of rotatable bonds is 7. The second-order valence-corrected chi connectivity index (χ2v) is 4.70. The Hall–Kier alpha value is -0.770. The molecule has 0 bridgehead atoms. The minimum absolute atomic E-state index is 0.208. The number of hydrogen-bond donors (Lipinski definition) is 1. The van der Waals surface area contributed by atoms with Gasteiger partial charge < -0.3 is 33.5 Å². The summed E-state index contributed by atoms with van der Waals surface area (Å²) >= 11 is 0. The predicted molar refractivity (Wildman–Crippen MR) is 70.7 cm³/mol. The molecule has 1 fully saturated rings. The molecule has 0 aliphatic carbocycles. The summed E-state index contributed by atoms with van der Waals surface area (Å²) in [6, 6.07) is 0. The largest absolute Gasteiger partial charge is 0.457 e. The average molecular weight is 308 g/mol. The molecule has 21 heavy (non-hydrogen) atoms. The highest BCUT2D eigenvalue weighted by atomic mass is 16.7. The van der Waals surface area contributed by atoms with Crippen molar-refractivity contribution < 1.29 is 38.3 Å². The lowest BCUT2D eigenvalue weighted by molar-refractivity contribution is -0.310. The number of carbonyl (C=O) groups is 1. The molecule has 1 saturated heterocycles. The van der Waals surface area contributed by atoms with E-state index in [1.807, 2.05) is 0 Å². The van der Waals surface area contributed by atoms with E-state index >= 15 is 0 Å². The fraction of sp³-hybridized carbons (Fsp3) is 0.923. The van der Waals surface area contributed by atoms with Crippen LogP contribution in [-0.4, -0.2) is 82.9 Å². The molecule has 1 aliphatic heterocycles. The zero-order chi connectivity index (χ0) is 16.0. The first kappa shape index (κ1) is 18.3. The maximum atomic E-state index is 11.4. The van der Waals surface area contributed by atoms with Gasteiger partial charge >= 0.3 is 5.97 Å².